The predicted octanol–water partition coefficient (Wildman–Crippen LogP) is -0.0962. The van der Waals surface area contributed by atoms with Crippen LogP contribution in [0.5, 0.6) is 0 Å². The lowest BCUT2D eigenvalue weighted by Gasteiger charge is -2.19. The summed E-state index contributed by atoms with van der Waals surface area (Å²) in [4.78, 5) is 22.8. The van der Waals surface area contributed by atoms with Gasteiger partial charge in [-0.15, -0.1) is 0 Å². The highest BCUT2D eigenvalue weighted by molar-refractivity contribution is 7.94. The van der Waals surface area contributed by atoms with Crippen molar-refractivity contribution in [2.24, 2.45) is 0 Å². The average Bonchev–Trinajstić information content (AvgIpc) is 2.68. The minimum absolute atomic E-state index is 0.312. The first kappa shape index (κ1) is 15.1. The van der Waals surface area contributed by atoms with E-state index in [-0.39, 0.29) is 0 Å². The number of hydrogen-bond acceptors (Lipinski definition) is 6. The molecule has 0 N–H and O–H groups in total. The molecule has 1 aromatic rings. The Morgan fingerprint density at radius 1 is 0.952 bits per heavy atom. The first-order valence-corrected chi connectivity index (χ1v) is 7.34. The van der Waals surface area contributed by atoms with Gasteiger partial charge in [-0.25, -0.2) is 8.61 Å². The van der Waals surface area contributed by atoms with Crippen molar-refractivity contribution in [3.63, 3.8) is 0 Å². The number of methoxy groups -OCH3 is 2. The number of carbonyl (C=O) groups excluding carboxylic acids is 2. The molecule has 114 valence electrons. The van der Waals surface area contributed by atoms with Crippen LogP contribution in [0.25, 0.3) is 0 Å². The van der Waals surface area contributed by atoms with Crippen LogP contribution in [0.2, 0.25) is 0 Å². The number of rotatable bonds is 4. The Morgan fingerprint density at radius 3 is 1.67 bits per heavy atom. The molecule has 1 heterocycles. The van der Waals surface area contributed by atoms with Gasteiger partial charge in [-0.2, -0.15) is 8.42 Å². The van der Waals surface area contributed by atoms with E-state index in [1.807, 2.05) is 0 Å². The lowest BCUT2D eigenvalue weighted by Crippen LogP contribution is -2.43. The molecule has 1 aliphatic heterocycles. The molecule has 1 aliphatic rings. The summed E-state index contributed by atoms with van der Waals surface area (Å²) in [6, 6.07) is 6.38. The smallest absolute Gasteiger partial charge is 0.327 e. The van der Waals surface area contributed by atoms with Gasteiger partial charge in [-0.1, -0.05) is 12.1 Å². The molecule has 0 radical (unpaired) electrons. The summed E-state index contributed by atoms with van der Waals surface area (Å²) in [5, 5.41) is 0. The van der Waals surface area contributed by atoms with Gasteiger partial charge in [-0.3, -0.25) is 9.59 Å². The lowest BCUT2D eigenvalue weighted by atomic mass is 10.2. The molecule has 0 atom stereocenters. The Bertz CT molecular complexity index is 621. The van der Waals surface area contributed by atoms with E-state index in [2.05, 4.69) is 9.47 Å². The summed E-state index contributed by atoms with van der Waals surface area (Å²) < 4.78 is 35.8. The van der Waals surface area contributed by atoms with Gasteiger partial charge in [0.2, 0.25) is 0 Å². The zero-order valence-corrected chi connectivity index (χ0v) is 12.3. The van der Waals surface area contributed by atoms with Gasteiger partial charge in [-0.05, 0) is 12.1 Å². The summed E-state index contributed by atoms with van der Waals surface area (Å²) >= 11 is 0. The van der Waals surface area contributed by atoms with Crippen molar-refractivity contribution in [2.45, 2.75) is 0 Å². The van der Waals surface area contributed by atoms with Crippen LogP contribution in [0.15, 0.2) is 24.3 Å². The predicted molar refractivity (Wildman–Crippen MR) is 74.1 cm³/mol. The van der Waals surface area contributed by atoms with Crippen molar-refractivity contribution in [2.75, 3.05) is 35.9 Å². The maximum absolute atomic E-state index is 12.5. The Hall–Kier alpha value is -2.29. The molecule has 0 aliphatic carbocycles. The van der Waals surface area contributed by atoms with Crippen molar-refractivity contribution in [3.05, 3.63) is 24.3 Å². The Morgan fingerprint density at radius 2 is 1.33 bits per heavy atom. The van der Waals surface area contributed by atoms with Gasteiger partial charge >= 0.3 is 22.1 Å². The molecule has 8 nitrogen and oxygen atoms in total. The zero-order valence-electron chi connectivity index (χ0n) is 11.5. The van der Waals surface area contributed by atoms with Crippen LogP contribution in [-0.2, 0) is 29.3 Å². The number of ether oxygens (including phenoxy) is 2. The summed E-state index contributed by atoms with van der Waals surface area (Å²) in [6.45, 7) is -0.930. The molecule has 0 saturated heterocycles. The van der Waals surface area contributed by atoms with Gasteiger partial charge in [0.15, 0.2) is 0 Å². The Balaban J connectivity index is 2.45. The molecule has 0 saturated carbocycles. The number of benzene rings is 1. The maximum Gasteiger partial charge on any atom is 0.327 e. The van der Waals surface area contributed by atoms with E-state index in [0.29, 0.717) is 11.4 Å². The standard InChI is InChI=1S/C12H14N2O6S/c1-19-11(15)7-13-9-5-3-4-6-10(9)14(21(13,17)18)8-12(16)20-2/h3-6H,7-8H2,1-2H3. The van der Waals surface area contributed by atoms with Crippen LogP contribution in [0.4, 0.5) is 11.4 Å². The average molecular weight is 314 g/mol. The third-order valence-electron chi connectivity index (χ3n) is 2.98. The van der Waals surface area contributed by atoms with E-state index in [9.17, 15) is 18.0 Å². The van der Waals surface area contributed by atoms with Crippen molar-refractivity contribution >= 4 is 33.5 Å². The molecule has 0 amide bonds. The summed E-state index contributed by atoms with van der Waals surface area (Å²) in [5.74, 6) is -1.40. The number of carbonyl (C=O) groups is 2. The van der Waals surface area contributed by atoms with Crippen LogP contribution >= 0.6 is 0 Å². The van der Waals surface area contributed by atoms with Crippen molar-refractivity contribution in [3.8, 4) is 0 Å². The highest BCUT2D eigenvalue weighted by Crippen LogP contribution is 2.40. The molecule has 0 bridgehead atoms. The molecule has 2 rings (SSSR count). The van der Waals surface area contributed by atoms with Crippen LogP contribution in [0, 0.1) is 0 Å². The summed E-state index contributed by atoms with van der Waals surface area (Å²) in [5.41, 5.74) is 0.624. The SMILES string of the molecule is COC(=O)CN1c2ccccc2N(CC(=O)OC)S1(=O)=O. The van der Waals surface area contributed by atoms with Crippen LogP contribution < -0.4 is 8.61 Å². The van der Waals surface area contributed by atoms with Gasteiger partial charge < -0.3 is 9.47 Å². The molecule has 0 fully saturated rings. The third-order valence-corrected chi connectivity index (χ3v) is 4.74. The zero-order chi connectivity index (χ0) is 15.6. The van der Waals surface area contributed by atoms with Gasteiger partial charge in [0.05, 0.1) is 25.6 Å². The van der Waals surface area contributed by atoms with Crippen molar-refractivity contribution < 1.29 is 27.5 Å². The largest absolute Gasteiger partial charge is 0.468 e. The molecule has 0 spiro atoms. The number of nitrogens with zero attached hydrogens (tertiary/aromatic N) is 2. The van der Waals surface area contributed by atoms with Crippen molar-refractivity contribution in [1.29, 1.82) is 0 Å². The fourth-order valence-electron chi connectivity index (χ4n) is 1.95. The number of hydrogen-bond donors (Lipinski definition) is 0. The van der Waals surface area contributed by atoms with Gasteiger partial charge in [0.25, 0.3) is 0 Å². The molecule has 9 heteroatoms. The van der Waals surface area contributed by atoms with Crippen molar-refractivity contribution in [1.82, 2.24) is 0 Å². The van der Waals surface area contributed by atoms with Crippen LogP contribution in [-0.4, -0.2) is 47.7 Å². The minimum atomic E-state index is -4.03. The molecular weight excluding hydrogens is 300 g/mol. The molecule has 0 aromatic heterocycles. The molecule has 0 unspecified atom stereocenters. The van der Waals surface area contributed by atoms with E-state index in [0.717, 1.165) is 8.61 Å². The monoisotopic (exact) mass is 314 g/mol. The van der Waals surface area contributed by atoms with Gasteiger partial charge in [0, 0.05) is 0 Å². The number of anilines is 2. The topological polar surface area (TPSA) is 93.2 Å². The maximum atomic E-state index is 12.5. The summed E-state index contributed by atoms with van der Waals surface area (Å²) in [7, 11) is -1.69. The molecule has 1 aromatic carbocycles. The Labute approximate surface area is 122 Å². The minimum Gasteiger partial charge on any atom is -0.468 e. The van der Waals surface area contributed by atoms with E-state index in [1.54, 1.807) is 24.3 Å². The second-order valence-electron chi connectivity index (χ2n) is 4.16. The fraction of sp³-hybridized carbons (Fsp3) is 0.333. The fourth-order valence-corrected chi connectivity index (χ4v) is 3.53. The Kier molecular flexibility index (Phi) is 4.03. The molecule has 21 heavy (non-hydrogen) atoms. The first-order chi connectivity index (χ1) is 9.91. The number of fused-ring (bicyclic) bond motifs is 1. The van der Waals surface area contributed by atoms with E-state index in [4.69, 9.17) is 0 Å². The first-order valence-electron chi connectivity index (χ1n) is 5.95. The van der Waals surface area contributed by atoms with E-state index >= 15 is 0 Å². The molecular formula is C12H14N2O6S. The van der Waals surface area contributed by atoms with E-state index in [1.165, 1.54) is 14.2 Å². The third kappa shape index (κ3) is 2.64. The van der Waals surface area contributed by atoms with E-state index < -0.39 is 35.2 Å². The quantitative estimate of drug-likeness (QED) is 0.721. The van der Waals surface area contributed by atoms with Crippen LogP contribution in [0.1, 0.15) is 0 Å². The number of para-hydroxylation sites is 2. The number of esters is 2. The highest BCUT2D eigenvalue weighted by Gasteiger charge is 2.42. The normalized spacial score (nSPS) is 15.5. The van der Waals surface area contributed by atoms with Crippen LogP contribution in [0.3, 0.4) is 0 Å². The second kappa shape index (κ2) is 5.60. The highest BCUT2D eigenvalue weighted by atomic mass is 32.2. The summed E-state index contributed by atoms with van der Waals surface area (Å²) in [6.07, 6.45) is 0. The second-order valence-corrected chi connectivity index (χ2v) is 5.94. The van der Waals surface area contributed by atoms with Gasteiger partial charge in [0.1, 0.15) is 13.1 Å². The lowest BCUT2D eigenvalue weighted by molar-refractivity contribution is -0.139.